The molecule has 1 heterocycles. The third-order valence-corrected chi connectivity index (χ3v) is 1.61. The molecular formula is C8H5F4N3O. The summed E-state index contributed by atoms with van der Waals surface area (Å²) in [4.78, 5) is 3.31. The van der Waals surface area contributed by atoms with Crippen molar-refractivity contribution in [2.75, 3.05) is 5.73 Å². The van der Waals surface area contributed by atoms with E-state index in [1.165, 1.54) is 6.07 Å². The smallest absolute Gasteiger partial charge is 0.401 e. The lowest BCUT2D eigenvalue weighted by Gasteiger charge is -2.13. The minimum atomic E-state index is -5.02. The van der Waals surface area contributed by atoms with Gasteiger partial charge in [0.1, 0.15) is 18.4 Å². The summed E-state index contributed by atoms with van der Waals surface area (Å²) in [6, 6.07) is 1.52. The SMILES string of the molecule is N#Cc1cnc(CF)c(OC(F)(F)F)c1N. The summed E-state index contributed by atoms with van der Waals surface area (Å²) in [6.07, 6.45) is -4.14. The van der Waals surface area contributed by atoms with E-state index in [4.69, 9.17) is 11.0 Å². The Bertz CT molecular complexity index is 438. The van der Waals surface area contributed by atoms with Gasteiger partial charge in [-0.2, -0.15) is 5.26 Å². The van der Waals surface area contributed by atoms with Crippen LogP contribution in [0.1, 0.15) is 11.3 Å². The first-order valence-corrected chi connectivity index (χ1v) is 3.88. The van der Waals surface area contributed by atoms with E-state index in [1.54, 1.807) is 0 Å². The Balaban J connectivity index is 3.28. The number of nitrogens with zero attached hydrogens (tertiary/aromatic N) is 2. The quantitative estimate of drug-likeness (QED) is 0.794. The minimum Gasteiger partial charge on any atom is -0.401 e. The van der Waals surface area contributed by atoms with Gasteiger partial charge in [0.05, 0.1) is 11.3 Å². The molecule has 0 radical (unpaired) electrons. The van der Waals surface area contributed by atoms with Gasteiger partial charge in [-0.05, 0) is 0 Å². The number of anilines is 1. The van der Waals surface area contributed by atoms with Gasteiger partial charge in [-0.25, -0.2) is 4.39 Å². The Labute approximate surface area is 87.3 Å². The second-order valence-electron chi connectivity index (χ2n) is 2.65. The van der Waals surface area contributed by atoms with Crippen LogP contribution in [0.5, 0.6) is 5.75 Å². The van der Waals surface area contributed by atoms with Crippen LogP contribution in [0.4, 0.5) is 23.2 Å². The van der Waals surface area contributed by atoms with Crippen LogP contribution in [0, 0.1) is 11.3 Å². The van der Waals surface area contributed by atoms with Gasteiger partial charge >= 0.3 is 6.36 Å². The van der Waals surface area contributed by atoms with Gasteiger partial charge < -0.3 is 10.5 Å². The summed E-state index contributed by atoms with van der Waals surface area (Å²) in [5, 5.41) is 8.50. The summed E-state index contributed by atoms with van der Waals surface area (Å²) in [5.41, 5.74) is 3.73. The van der Waals surface area contributed by atoms with Crippen LogP contribution in [0.2, 0.25) is 0 Å². The molecule has 0 aliphatic heterocycles. The molecule has 4 nitrogen and oxygen atoms in total. The number of pyridine rings is 1. The van der Waals surface area contributed by atoms with Crippen molar-refractivity contribution in [3.8, 4) is 11.8 Å². The normalized spacial score (nSPS) is 10.9. The van der Waals surface area contributed by atoms with E-state index < -0.39 is 30.2 Å². The van der Waals surface area contributed by atoms with Gasteiger partial charge in [-0.15, -0.1) is 13.2 Å². The Morgan fingerprint density at radius 1 is 1.50 bits per heavy atom. The van der Waals surface area contributed by atoms with E-state index in [0.29, 0.717) is 0 Å². The zero-order valence-electron chi connectivity index (χ0n) is 7.68. The Hall–Kier alpha value is -2.04. The number of nitriles is 1. The van der Waals surface area contributed by atoms with E-state index in [0.717, 1.165) is 6.20 Å². The molecule has 0 spiro atoms. The molecule has 0 aromatic carbocycles. The molecule has 0 saturated carbocycles. The van der Waals surface area contributed by atoms with Crippen LogP contribution in [-0.4, -0.2) is 11.3 Å². The van der Waals surface area contributed by atoms with Crippen molar-refractivity contribution in [1.82, 2.24) is 4.98 Å². The van der Waals surface area contributed by atoms with Gasteiger partial charge in [0.25, 0.3) is 0 Å². The maximum absolute atomic E-state index is 12.3. The molecule has 0 unspecified atom stereocenters. The lowest BCUT2D eigenvalue weighted by atomic mass is 10.2. The third-order valence-electron chi connectivity index (χ3n) is 1.61. The predicted molar refractivity (Wildman–Crippen MR) is 44.9 cm³/mol. The lowest BCUT2D eigenvalue weighted by molar-refractivity contribution is -0.274. The van der Waals surface area contributed by atoms with Gasteiger partial charge in [-0.1, -0.05) is 0 Å². The molecule has 8 heteroatoms. The molecule has 0 aliphatic carbocycles. The highest BCUT2D eigenvalue weighted by Crippen LogP contribution is 2.33. The second kappa shape index (κ2) is 4.22. The van der Waals surface area contributed by atoms with Crippen molar-refractivity contribution in [3.05, 3.63) is 17.5 Å². The van der Waals surface area contributed by atoms with E-state index in [2.05, 4.69) is 9.72 Å². The molecule has 2 N–H and O–H groups in total. The Morgan fingerprint density at radius 3 is 2.56 bits per heavy atom. The van der Waals surface area contributed by atoms with E-state index >= 15 is 0 Å². The van der Waals surface area contributed by atoms with Crippen molar-refractivity contribution in [3.63, 3.8) is 0 Å². The molecule has 86 valence electrons. The van der Waals surface area contributed by atoms with Crippen LogP contribution in [-0.2, 0) is 6.67 Å². The molecule has 1 aromatic heterocycles. The first kappa shape index (κ1) is 12.0. The number of nitrogens with two attached hydrogens (primary N) is 1. The molecule has 16 heavy (non-hydrogen) atoms. The van der Waals surface area contributed by atoms with Gasteiger partial charge in [0.2, 0.25) is 0 Å². The number of ether oxygens (including phenoxy) is 1. The molecule has 0 saturated heterocycles. The summed E-state index contributed by atoms with van der Waals surface area (Å²) in [7, 11) is 0. The van der Waals surface area contributed by atoms with Crippen LogP contribution < -0.4 is 10.5 Å². The van der Waals surface area contributed by atoms with Crippen molar-refractivity contribution in [2.45, 2.75) is 13.0 Å². The fraction of sp³-hybridized carbons (Fsp3) is 0.250. The number of halogens is 4. The van der Waals surface area contributed by atoms with Crippen LogP contribution in [0.3, 0.4) is 0 Å². The second-order valence-corrected chi connectivity index (χ2v) is 2.65. The molecule has 0 bridgehead atoms. The average Bonchev–Trinajstić information content (AvgIpc) is 2.19. The molecular weight excluding hydrogens is 230 g/mol. The number of aromatic nitrogens is 1. The first-order chi connectivity index (χ1) is 7.39. The number of rotatable bonds is 2. The molecule has 0 amide bonds. The van der Waals surface area contributed by atoms with E-state index in [9.17, 15) is 17.6 Å². The number of hydrogen-bond acceptors (Lipinski definition) is 4. The van der Waals surface area contributed by atoms with Crippen LogP contribution in [0.25, 0.3) is 0 Å². The van der Waals surface area contributed by atoms with E-state index in [-0.39, 0.29) is 5.56 Å². The zero-order valence-corrected chi connectivity index (χ0v) is 7.68. The lowest BCUT2D eigenvalue weighted by Crippen LogP contribution is -2.19. The Morgan fingerprint density at radius 2 is 2.12 bits per heavy atom. The molecule has 0 fully saturated rings. The number of nitrogen functional groups attached to an aromatic ring is 1. The molecule has 0 atom stereocenters. The summed E-state index contributed by atoms with van der Waals surface area (Å²) in [6.45, 7) is -1.28. The topological polar surface area (TPSA) is 71.9 Å². The maximum Gasteiger partial charge on any atom is 0.573 e. The maximum atomic E-state index is 12.3. The fourth-order valence-electron chi connectivity index (χ4n) is 0.962. The van der Waals surface area contributed by atoms with E-state index in [1.807, 2.05) is 0 Å². The predicted octanol–water partition coefficient (Wildman–Crippen LogP) is 1.90. The number of alkyl halides is 4. The Kier molecular flexibility index (Phi) is 3.17. The van der Waals surface area contributed by atoms with Crippen LogP contribution in [0.15, 0.2) is 6.20 Å². The molecule has 0 aliphatic rings. The average molecular weight is 235 g/mol. The molecule has 1 aromatic rings. The largest absolute Gasteiger partial charge is 0.573 e. The van der Waals surface area contributed by atoms with Gasteiger partial charge in [-0.3, -0.25) is 4.98 Å². The fourth-order valence-corrected chi connectivity index (χ4v) is 0.962. The highest BCUT2D eigenvalue weighted by Gasteiger charge is 2.34. The zero-order chi connectivity index (χ0) is 12.3. The third kappa shape index (κ3) is 2.50. The van der Waals surface area contributed by atoms with Crippen molar-refractivity contribution in [1.29, 1.82) is 5.26 Å². The standard InChI is InChI=1S/C8H5F4N3O/c9-1-5-7(16-8(10,11)12)6(14)4(2-13)3-15-5/h3H,1H2,(H2,14,15). The van der Waals surface area contributed by atoms with Crippen molar-refractivity contribution >= 4 is 5.69 Å². The first-order valence-electron chi connectivity index (χ1n) is 3.88. The van der Waals surface area contributed by atoms with Gasteiger partial charge in [0, 0.05) is 6.20 Å². The summed E-state index contributed by atoms with van der Waals surface area (Å²) < 4.78 is 51.7. The minimum absolute atomic E-state index is 0.309. The van der Waals surface area contributed by atoms with Crippen molar-refractivity contribution in [2.24, 2.45) is 0 Å². The monoisotopic (exact) mass is 235 g/mol. The van der Waals surface area contributed by atoms with Crippen molar-refractivity contribution < 1.29 is 22.3 Å². The van der Waals surface area contributed by atoms with Crippen LogP contribution >= 0.6 is 0 Å². The highest BCUT2D eigenvalue weighted by molar-refractivity contribution is 5.63. The van der Waals surface area contributed by atoms with Gasteiger partial charge in [0.15, 0.2) is 5.75 Å². The summed E-state index contributed by atoms with van der Waals surface area (Å²) in [5.74, 6) is -0.964. The summed E-state index contributed by atoms with van der Waals surface area (Å²) >= 11 is 0. The highest BCUT2D eigenvalue weighted by atomic mass is 19.4. The number of hydrogen-bond donors (Lipinski definition) is 1. The molecule has 1 rings (SSSR count).